The lowest BCUT2D eigenvalue weighted by Gasteiger charge is -2.17. The van der Waals surface area contributed by atoms with E-state index in [1.807, 2.05) is 0 Å². The summed E-state index contributed by atoms with van der Waals surface area (Å²) in [5, 5.41) is 7.06. The fourth-order valence-corrected chi connectivity index (χ4v) is 2.42. The molecule has 144 valence electrons. The molecule has 1 aliphatic heterocycles. The molecular formula is C15H10F6N4O2. The molecule has 1 amide bonds. The third kappa shape index (κ3) is 3.73. The van der Waals surface area contributed by atoms with E-state index < -0.39 is 47.4 Å². The average molecular weight is 392 g/mol. The van der Waals surface area contributed by atoms with E-state index in [-0.39, 0.29) is 11.5 Å². The highest BCUT2D eigenvalue weighted by Gasteiger charge is 2.38. The second-order valence-corrected chi connectivity index (χ2v) is 5.54. The van der Waals surface area contributed by atoms with Gasteiger partial charge in [-0.3, -0.25) is 4.79 Å². The number of aromatic nitrogens is 2. The second-order valence-electron chi connectivity index (χ2n) is 5.54. The summed E-state index contributed by atoms with van der Waals surface area (Å²) in [5.41, 5.74) is -1.46. The molecular weight excluding hydrogens is 382 g/mol. The van der Waals surface area contributed by atoms with Crippen LogP contribution in [0.2, 0.25) is 0 Å². The minimum absolute atomic E-state index is 0.106. The van der Waals surface area contributed by atoms with Crippen LogP contribution in [0.25, 0.3) is 5.69 Å². The summed E-state index contributed by atoms with van der Waals surface area (Å²) >= 11 is 0. The van der Waals surface area contributed by atoms with Gasteiger partial charge in [0.1, 0.15) is 0 Å². The van der Waals surface area contributed by atoms with Crippen molar-refractivity contribution >= 4 is 11.8 Å². The SMILES string of the molecule is Cc1nn(-c2ccc(C3=NNC(=O)CO3)cc2C(F)(F)F)cc1C(F)(F)F. The van der Waals surface area contributed by atoms with Crippen LogP contribution >= 0.6 is 0 Å². The van der Waals surface area contributed by atoms with Crippen LogP contribution in [0.5, 0.6) is 0 Å². The van der Waals surface area contributed by atoms with Gasteiger partial charge in [-0.2, -0.15) is 31.4 Å². The number of alkyl halides is 6. The van der Waals surface area contributed by atoms with Crippen molar-refractivity contribution in [3.8, 4) is 5.69 Å². The Morgan fingerprint density at radius 2 is 1.78 bits per heavy atom. The molecule has 0 spiro atoms. The summed E-state index contributed by atoms with van der Waals surface area (Å²) in [6.45, 7) is 0.628. The highest BCUT2D eigenvalue weighted by Crippen LogP contribution is 2.37. The Labute approximate surface area is 147 Å². The first-order valence-electron chi connectivity index (χ1n) is 7.31. The molecule has 0 bridgehead atoms. The van der Waals surface area contributed by atoms with Crippen LogP contribution in [-0.4, -0.2) is 28.2 Å². The largest absolute Gasteiger partial charge is 0.466 e. The highest BCUT2D eigenvalue weighted by molar-refractivity contribution is 5.98. The summed E-state index contributed by atoms with van der Waals surface area (Å²) in [6, 6.07) is 2.79. The number of hydrogen-bond acceptors (Lipinski definition) is 4. The number of benzene rings is 1. The van der Waals surface area contributed by atoms with Crippen molar-refractivity contribution in [1.82, 2.24) is 15.2 Å². The molecule has 3 rings (SSSR count). The lowest BCUT2D eigenvalue weighted by molar-refractivity contribution is -0.138. The maximum absolute atomic E-state index is 13.5. The summed E-state index contributed by atoms with van der Waals surface area (Å²) < 4.78 is 84.6. The summed E-state index contributed by atoms with van der Waals surface area (Å²) in [6.07, 6.45) is -9.14. The van der Waals surface area contributed by atoms with Crippen LogP contribution in [0.15, 0.2) is 29.5 Å². The zero-order valence-electron chi connectivity index (χ0n) is 13.4. The van der Waals surface area contributed by atoms with Gasteiger partial charge in [-0.15, -0.1) is 5.10 Å². The fraction of sp³-hybridized carbons (Fsp3) is 0.267. The number of rotatable bonds is 2. The lowest BCUT2D eigenvalue weighted by atomic mass is 10.1. The molecule has 0 aliphatic carbocycles. The minimum atomic E-state index is -4.89. The highest BCUT2D eigenvalue weighted by atomic mass is 19.4. The topological polar surface area (TPSA) is 68.5 Å². The summed E-state index contributed by atoms with van der Waals surface area (Å²) in [5.74, 6) is -0.822. The third-order valence-corrected chi connectivity index (χ3v) is 3.62. The minimum Gasteiger partial charge on any atom is -0.466 e. The van der Waals surface area contributed by atoms with Gasteiger partial charge in [0, 0.05) is 11.8 Å². The lowest BCUT2D eigenvalue weighted by Crippen LogP contribution is -2.32. The van der Waals surface area contributed by atoms with Gasteiger partial charge in [-0.25, -0.2) is 10.1 Å². The predicted molar refractivity (Wildman–Crippen MR) is 78.9 cm³/mol. The van der Waals surface area contributed by atoms with Crippen molar-refractivity contribution in [1.29, 1.82) is 0 Å². The van der Waals surface area contributed by atoms with Gasteiger partial charge in [0.25, 0.3) is 5.91 Å². The van der Waals surface area contributed by atoms with E-state index in [4.69, 9.17) is 4.74 Å². The Morgan fingerprint density at radius 3 is 2.30 bits per heavy atom. The van der Waals surface area contributed by atoms with Crippen molar-refractivity contribution in [2.45, 2.75) is 19.3 Å². The Hall–Kier alpha value is -3.05. The van der Waals surface area contributed by atoms with E-state index in [9.17, 15) is 31.1 Å². The molecule has 6 nitrogen and oxygen atoms in total. The van der Waals surface area contributed by atoms with Crippen LogP contribution in [-0.2, 0) is 21.9 Å². The standard InChI is InChI=1S/C15H10F6N4O2/c1-7-10(15(19,20)21)5-25(24-7)11-3-2-8(4-9(11)14(16,17)18)13-23-22-12(26)6-27-13/h2-5H,6H2,1H3,(H,22,26). The molecule has 0 atom stereocenters. The first kappa shape index (κ1) is 18.7. The van der Waals surface area contributed by atoms with Crippen LogP contribution < -0.4 is 5.43 Å². The van der Waals surface area contributed by atoms with Crippen LogP contribution in [0.3, 0.4) is 0 Å². The summed E-state index contributed by atoms with van der Waals surface area (Å²) in [4.78, 5) is 11.0. The molecule has 1 aliphatic rings. The van der Waals surface area contributed by atoms with Gasteiger partial charge in [-0.05, 0) is 25.1 Å². The van der Waals surface area contributed by atoms with Gasteiger partial charge in [0.15, 0.2) is 6.61 Å². The van der Waals surface area contributed by atoms with Crippen molar-refractivity contribution in [2.75, 3.05) is 6.61 Å². The van der Waals surface area contributed by atoms with Gasteiger partial charge < -0.3 is 4.74 Å². The number of hydrazone groups is 1. The summed E-state index contributed by atoms with van der Waals surface area (Å²) in [7, 11) is 0. The maximum Gasteiger partial charge on any atom is 0.419 e. The number of nitrogens with one attached hydrogen (secondary N) is 1. The van der Waals surface area contributed by atoms with Crippen LogP contribution in [0.1, 0.15) is 22.4 Å². The third-order valence-electron chi connectivity index (χ3n) is 3.62. The number of hydrogen-bond donors (Lipinski definition) is 1. The molecule has 0 fully saturated rings. The molecule has 0 unspecified atom stereocenters. The Balaban J connectivity index is 2.10. The molecule has 2 heterocycles. The molecule has 2 aromatic rings. The van der Waals surface area contributed by atoms with Crippen LogP contribution in [0.4, 0.5) is 26.3 Å². The van der Waals surface area contributed by atoms with Gasteiger partial charge in [0.2, 0.25) is 5.90 Å². The Morgan fingerprint density at radius 1 is 1.11 bits per heavy atom. The number of amides is 1. The molecule has 12 heteroatoms. The Bertz CT molecular complexity index is 929. The normalized spacial score (nSPS) is 15.2. The van der Waals surface area contributed by atoms with Crippen molar-refractivity contribution in [3.05, 3.63) is 46.8 Å². The second kappa shape index (κ2) is 6.28. The molecule has 1 aromatic carbocycles. The number of nitrogens with zero attached hydrogens (tertiary/aromatic N) is 3. The van der Waals surface area contributed by atoms with Crippen molar-refractivity contribution < 1.29 is 35.9 Å². The van der Waals surface area contributed by atoms with E-state index >= 15 is 0 Å². The van der Waals surface area contributed by atoms with Gasteiger partial charge >= 0.3 is 12.4 Å². The zero-order valence-corrected chi connectivity index (χ0v) is 13.4. The molecule has 0 saturated carbocycles. The predicted octanol–water partition coefficient (Wildman–Crippen LogP) is 3.03. The quantitative estimate of drug-likeness (QED) is 0.799. The first-order valence-corrected chi connectivity index (χ1v) is 7.31. The Kier molecular flexibility index (Phi) is 4.36. The monoisotopic (exact) mass is 392 g/mol. The molecule has 1 aromatic heterocycles. The van der Waals surface area contributed by atoms with E-state index in [0.717, 1.165) is 13.0 Å². The van der Waals surface area contributed by atoms with Crippen molar-refractivity contribution in [2.24, 2.45) is 5.10 Å². The zero-order chi connectivity index (χ0) is 20.0. The van der Waals surface area contributed by atoms with E-state index in [0.29, 0.717) is 16.9 Å². The first-order chi connectivity index (χ1) is 12.5. The molecule has 27 heavy (non-hydrogen) atoms. The molecule has 0 radical (unpaired) electrons. The van der Waals surface area contributed by atoms with E-state index in [2.05, 4.69) is 15.6 Å². The van der Waals surface area contributed by atoms with Crippen LogP contribution in [0, 0.1) is 6.92 Å². The number of halogens is 6. The number of ether oxygens (including phenoxy) is 1. The van der Waals surface area contributed by atoms with Gasteiger partial charge in [-0.1, -0.05) is 0 Å². The fourth-order valence-electron chi connectivity index (χ4n) is 2.42. The van der Waals surface area contributed by atoms with E-state index in [1.165, 1.54) is 6.07 Å². The number of carbonyl (C=O) groups is 1. The maximum atomic E-state index is 13.5. The average Bonchev–Trinajstić information content (AvgIpc) is 2.96. The number of aryl methyl sites for hydroxylation is 1. The van der Waals surface area contributed by atoms with E-state index in [1.54, 1.807) is 0 Å². The molecule has 0 saturated heterocycles. The van der Waals surface area contributed by atoms with Crippen molar-refractivity contribution in [3.63, 3.8) is 0 Å². The molecule has 1 N–H and O–H groups in total. The number of carbonyl (C=O) groups excluding carboxylic acids is 1. The van der Waals surface area contributed by atoms with Gasteiger partial charge in [0.05, 0.1) is 22.5 Å². The smallest absolute Gasteiger partial charge is 0.419 e.